The molecule has 2 N–H and O–H groups in total. The third-order valence-corrected chi connectivity index (χ3v) is 4.02. The number of piperidine rings is 1. The molecule has 1 aromatic rings. The number of carboxylic acid groups (broad SMARTS) is 1. The number of likely N-dealkylation sites (tertiary alicyclic amines) is 1. The number of hydrogen-bond acceptors (Lipinski definition) is 3. The van der Waals surface area contributed by atoms with E-state index in [1.165, 1.54) is 0 Å². The first-order valence-corrected chi connectivity index (χ1v) is 7.95. The minimum Gasteiger partial charge on any atom is -0.489 e. The Balaban J connectivity index is 1.79. The Morgan fingerprint density at radius 1 is 1.43 bits per heavy atom. The summed E-state index contributed by atoms with van der Waals surface area (Å²) in [5.41, 5.74) is 1.05. The van der Waals surface area contributed by atoms with Crippen LogP contribution in [0.1, 0.15) is 25.3 Å². The summed E-state index contributed by atoms with van der Waals surface area (Å²) in [6, 6.07) is 7.50. The predicted molar refractivity (Wildman–Crippen MR) is 86.6 cm³/mol. The van der Waals surface area contributed by atoms with E-state index in [2.05, 4.69) is 5.32 Å². The molecule has 0 aromatic heterocycles. The number of rotatable bonds is 5. The molecule has 1 fully saturated rings. The van der Waals surface area contributed by atoms with Gasteiger partial charge in [-0.05, 0) is 38.3 Å². The fourth-order valence-corrected chi connectivity index (χ4v) is 2.65. The van der Waals surface area contributed by atoms with Crippen molar-refractivity contribution in [2.45, 2.75) is 32.8 Å². The molecule has 0 radical (unpaired) electrons. The second-order valence-electron chi connectivity index (χ2n) is 6.00. The topological polar surface area (TPSA) is 78.9 Å². The molecule has 1 aliphatic heterocycles. The molecule has 0 aliphatic carbocycles. The van der Waals surface area contributed by atoms with Gasteiger partial charge >= 0.3 is 12.0 Å². The fourth-order valence-electron chi connectivity index (χ4n) is 2.65. The van der Waals surface area contributed by atoms with E-state index in [0.29, 0.717) is 19.5 Å². The molecular weight excluding hydrogens is 296 g/mol. The summed E-state index contributed by atoms with van der Waals surface area (Å²) in [6.45, 7) is 5.11. The van der Waals surface area contributed by atoms with Crippen LogP contribution in [-0.4, -0.2) is 47.7 Å². The van der Waals surface area contributed by atoms with Crippen LogP contribution in [0.25, 0.3) is 0 Å². The van der Waals surface area contributed by atoms with Crippen LogP contribution in [0.3, 0.4) is 0 Å². The molecule has 1 heterocycles. The van der Waals surface area contributed by atoms with Crippen molar-refractivity contribution in [3.8, 4) is 5.75 Å². The van der Waals surface area contributed by atoms with Crippen molar-refractivity contribution in [3.05, 3.63) is 29.8 Å². The Hall–Kier alpha value is -2.24. The van der Waals surface area contributed by atoms with Crippen LogP contribution < -0.4 is 10.1 Å². The SMILES string of the molecule is Cc1ccccc1OC(C)CNC(=O)N1CCCC(C(=O)O)C1. The maximum Gasteiger partial charge on any atom is 0.317 e. The third kappa shape index (κ3) is 4.87. The number of nitrogens with zero attached hydrogens (tertiary/aromatic N) is 1. The molecule has 1 aromatic carbocycles. The van der Waals surface area contributed by atoms with E-state index in [0.717, 1.165) is 17.7 Å². The Morgan fingerprint density at radius 3 is 2.87 bits per heavy atom. The monoisotopic (exact) mass is 320 g/mol. The van der Waals surface area contributed by atoms with Crippen molar-refractivity contribution in [1.82, 2.24) is 10.2 Å². The minimum atomic E-state index is -0.834. The number of aliphatic carboxylic acids is 1. The standard InChI is InChI=1S/C17H24N2O4/c1-12-6-3-4-8-15(12)23-13(2)10-18-17(22)19-9-5-7-14(11-19)16(20)21/h3-4,6,8,13-14H,5,7,9-11H2,1-2H3,(H,18,22)(H,20,21). The first-order chi connectivity index (χ1) is 11.0. The number of carbonyl (C=O) groups excluding carboxylic acids is 1. The zero-order chi connectivity index (χ0) is 16.8. The summed E-state index contributed by atoms with van der Waals surface area (Å²) in [5.74, 6) is -0.493. The van der Waals surface area contributed by atoms with Crippen LogP contribution in [0.15, 0.2) is 24.3 Å². The van der Waals surface area contributed by atoms with Crippen LogP contribution in [0.4, 0.5) is 4.79 Å². The van der Waals surface area contributed by atoms with Gasteiger partial charge in [-0.3, -0.25) is 4.79 Å². The van der Waals surface area contributed by atoms with Crippen LogP contribution in [0, 0.1) is 12.8 Å². The van der Waals surface area contributed by atoms with Crippen LogP contribution in [0.5, 0.6) is 5.75 Å². The molecule has 126 valence electrons. The Bertz CT molecular complexity index is 561. The second-order valence-corrected chi connectivity index (χ2v) is 6.00. The molecule has 2 amide bonds. The number of para-hydroxylation sites is 1. The van der Waals surface area contributed by atoms with Gasteiger partial charge in [-0.15, -0.1) is 0 Å². The number of hydrogen-bond donors (Lipinski definition) is 2. The maximum absolute atomic E-state index is 12.2. The molecule has 6 nitrogen and oxygen atoms in total. The average Bonchev–Trinajstić information content (AvgIpc) is 2.55. The lowest BCUT2D eigenvalue weighted by Crippen LogP contribution is -2.48. The summed E-state index contributed by atoms with van der Waals surface area (Å²) < 4.78 is 5.81. The first-order valence-electron chi connectivity index (χ1n) is 7.95. The largest absolute Gasteiger partial charge is 0.489 e. The highest BCUT2D eigenvalue weighted by Crippen LogP contribution is 2.18. The molecule has 23 heavy (non-hydrogen) atoms. The van der Waals surface area contributed by atoms with Gasteiger partial charge < -0.3 is 20.1 Å². The fraction of sp³-hybridized carbons (Fsp3) is 0.529. The van der Waals surface area contributed by atoms with Crippen LogP contribution in [-0.2, 0) is 4.79 Å². The van der Waals surface area contributed by atoms with Crippen molar-refractivity contribution >= 4 is 12.0 Å². The number of carbonyl (C=O) groups is 2. The highest BCUT2D eigenvalue weighted by Gasteiger charge is 2.28. The Kier molecular flexibility index (Phi) is 5.84. The van der Waals surface area contributed by atoms with Gasteiger partial charge in [-0.1, -0.05) is 18.2 Å². The first kappa shape index (κ1) is 17.1. The molecule has 2 rings (SSSR count). The van der Waals surface area contributed by atoms with E-state index < -0.39 is 11.9 Å². The second kappa shape index (κ2) is 7.85. The van der Waals surface area contributed by atoms with Gasteiger partial charge in [0.1, 0.15) is 11.9 Å². The van der Waals surface area contributed by atoms with Crippen molar-refractivity contribution in [2.24, 2.45) is 5.92 Å². The highest BCUT2D eigenvalue weighted by atomic mass is 16.5. The molecule has 1 aliphatic rings. The minimum absolute atomic E-state index is 0.167. The lowest BCUT2D eigenvalue weighted by Gasteiger charge is -2.31. The van der Waals surface area contributed by atoms with Gasteiger partial charge in [0, 0.05) is 13.1 Å². The van der Waals surface area contributed by atoms with Gasteiger partial charge in [-0.25, -0.2) is 4.79 Å². The van der Waals surface area contributed by atoms with E-state index >= 15 is 0 Å². The lowest BCUT2D eigenvalue weighted by atomic mass is 9.99. The number of carboxylic acids is 1. The number of benzene rings is 1. The van der Waals surface area contributed by atoms with Gasteiger partial charge in [-0.2, -0.15) is 0 Å². The normalized spacial score (nSPS) is 19.0. The molecular formula is C17H24N2O4. The number of aryl methyl sites for hydroxylation is 1. The quantitative estimate of drug-likeness (QED) is 0.872. The number of nitrogens with one attached hydrogen (secondary N) is 1. The Morgan fingerprint density at radius 2 is 2.17 bits per heavy atom. The van der Waals surface area contributed by atoms with Crippen molar-refractivity contribution in [2.75, 3.05) is 19.6 Å². The molecule has 0 saturated carbocycles. The highest BCUT2D eigenvalue weighted by molar-refractivity contribution is 5.76. The van der Waals surface area contributed by atoms with E-state index in [4.69, 9.17) is 9.84 Å². The van der Waals surface area contributed by atoms with Gasteiger partial charge in [0.25, 0.3) is 0 Å². The molecule has 0 spiro atoms. The number of amides is 2. The summed E-state index contributed by atoms with van der Waals surface area (Å²) in [4.78, 5) is 24.8. The van der Waals surface area contributed by atoms with Crippen molar-refractivity contribution < 1.29 is 19.4 Å². The summed E-state index contributed by atoms with van der Waals surface area (Å²) in [5, 5.41) is 11.9. The van der Waals surface area contributed by atoms with Crippen molar-refractivity contribution in [1.29, 1.82) is 0 Å². The average molecular weight is 320 g/mol. The van der Waals surface area contributed by atoms with Crippen molar-refractivity contribution in [3.63, 3.8) is 0 Å². The van der Waals surface area contributed by atoms with Crippen LogP contribution >= 0.6 is 0 Å². The zero-order valence-electron chi connectivity index (χ0n) is 13.6. The molecule has 2 atom stereocenters. The van der Waals surface area contributed by atoms with E-state index in [-0.39, 0.29) is 18.7 Å². The molecule has 2 unspecified atom stereocenters. The van der Waals surface area contributed by atoms with Gasteiger partial charge in [0.2, 0.25) is 0 Å². The summed E-state index contributed by atoms with van der Waals surface area (Å²) in [7, 11) is 0. The third-order valence-electron chi connectivity index (χ3n) is 4.02. The van der Waals surface area contributed by atoms with Gasteiger partial charge in [0.05, 0.1) is 12.5 Å². The van der Waals surface area contributed by atoms with Crippen LogP contribution in [0.2, 0.25) is 0 Å². The molecule has 1 saturated heterocycles. The van der Waals surface area contributed by atoms with Gasteiger partial charge in [0.15, 0.2) is 0 Å². The smallest absolute Gasteiger partial charge is 0.317 e. The van der Waals surface area contributed by atoms with E-state index in [9.17, 15) is 9.59 Å². The predicted octanol–water partition coefficient (Wildman–Crippen LogP) is 2.27. The van der Waals surface area contributed by atoms with E-state index in [1.54, 1.807) is 4.90 Å². The number of ether oxygens (including phenoxy) is 1. The lowest BCUT2D eigenvalue weighted by molar-refractivity contribution is -0.143. The maximum atomic E-state index is 12.2. The Labute approximate surface area is 136 Å². The number of urea groups is 1. The summed E-state index contributed by atoms with van der Waals surface area (Å²) in [6.07, 6.45) is 1.19. The molecule has 0 bridgehead atoms. The molecule has 6 heteroatoms. The zero-order valence-corrected chi connectivity index (χ0v) is 13.6. The van der Waals surface area contributed by atoms with E-state index in [1.807, 2.05) is 38.1 Å². The summed E-state index contributed by atoms with van der Waals surface area (Å²) >= 11 is 0.